The van der Waals surface area contributed by atoms with Gasteiger partial charge in [-0.1, -0.05) is 0 Å². The quantitative estimate of drug-likeness (QED) is 0.824. The molecule has 17 heavy (non-hydrogen) atoms. The van der Waals surface area contributed by atoms with Gasteiger partial charge in [0.05, 0.1) is 0 Å². The van der Waals surface area contributed by atoms with E-state index >= 15 is 0 Å². The minimum absolute atomic E-state index is 0.0124. The molecule has 1 saturated carbocycles. The molecule has 1 aromatic rings. The van der Waals surface area contributed by atoms with Crippen LogP contribution >= 0.6 is 0 Å². The van der Waals surface area contributed by atoms with Crippen LogP contribution in [0.15, 0.2) is 18.2 Å². The summed E-state index contributed by atoms with van der Waals surface area (Å²) in [5.41, 5.74) is 5.79. The lowest BCUT2D eigenvalue weighted by molar-refractivity contribution is 0.0933. The van der Waals surface area contributed by atoms with Crippen molar-refractivity contribution in [3.8, 4) is 0 Å². The molecular formula is C12H14F2N2O. The maximum Gasteiger partial charge on any atom is 0.251 e. The number of carbonyl (C=O) groups excluding carboxylic acids is 1. The third-order valence-electron chi connectivity index (χ3n) is 3.01. The summed E-state index contributed by atoms with van der Waals surface area (Å²) in [5.74, 6) is -2.00. The van der Waals surface area contributed by atoms with Gasteiger partial charge in [-0.05, 0) is 31.4 Å². The first-order valence-electron chi connectivity index (χ1n) is 5.59. The van der Waals surface area contributed by atoms with E-state index in [9.17, 15) is 13.6 Å². The fourth-order valence-corrected chi connectivity index (χ4v) is 2.10. The second-order valence-electron chi connectivity index (χ2n) is 4.33. The number of rotatable bonds is 2. The summed E-state index contributed by atoms with van der Waals surface area (Å²) >= 11 is 0. The lowest BCUT2D eigenvalue weighted by Crippen LogP contribution is -2.44. The number of nitrogens with one attached hydrogen (secondary N) is 1. The zero-order valence-corrected chi connectivity index (χ0v) is 9.25. The summed E-state index contributed by atoms with van der Waals surface area (Å²) in [5, 5.41) is 2.70. The Morgan fingerprint density at radius 1 is 1.24 bits per heavy atom. The molecule has 1 aromatic carbocycles. The third kappa shape index (κ3) is 2.79. The smallest absolute Gasteiger partial charge is 0.251 e. The maximum atomic E-state index is 12.9. The van der Waals surface area contributed by atoms with Crippen LogP contribution in [0.25, 0.3) is 0 Å². The Labute approximate surface area is 98.0 Å². The topological polar surface area (TPSA) is 55.1 Å². The minimum Gasteiger partial charge on any atom is -0.348 e. The Kier molecular flexibility index (Phi) is 3.38. The second kappa shape index (κ2) is 4.79. The summed E-state index contributed by atoms with van der Waals surface area (Å²) in [4.78, 5) is 11.8. The summed E-state index contributed by atoms with van der Waals surface area (Å²) in [6.07, 6.45) is 2.64. The molecule has 0 saturated heterocycles. The molecule has 0 heterocycles. The zero-order chi connectivity index (χ0) is 12.4. The van der Waals surface area contributed by atoms with Crippen LogP contribution in [0.3, 0.4) is 0 Å². The molecule has 3 N–H and O–H groups in total. The van der Waals surface area contributed by atoms with Gasteiger partial charge in [-0.25, -0.2) is 8.78 Å². The van der Waals surface area contributed by atoms with Crippen molar-refractivity contribution in [1.29, 1.82) is 0 Å². The van der Waals surface area contributed by atoms with Crippen molar-refractivity contribution >= 4 is 5.91 Å². The average molecular weight is 240 g/mol. The van der Waals surface area contributed by atoms with Gasteiger partial charge in [0.15, 0.2) is 0 Å². The molecule has 92 valence electrons. The Morgan fingerprint density at radius 2 is 1.88 bits per heavy atom. The van der Waals surface area contributed by atoms with E-state index in [1.54, 1.807) is 0 Å². The Bertz CT molecular complexity index is 416. The van der Waals surface area contributed by atoms with Crippen molar-refractivity contribution in [2.75, 3.05) is 0 Å². The standard InChI is InChI=1S/C12H14F2N2O/c13-8-4-7(5-9(14)6-8)12(17)16-11-3-1-2-10(11)15/h4-6,10-11H,1-3,15H2,(H,16,17). The second-order valence-corrected chi connectivity index (χ2v) is 4.33. The molecule has 1 fully saturated rings. The summed E-state index contributed by atoms with van der Waals surface area (Å²) in [7, 11) is 0. The Hall–Kier alpha value is -1.49. The number of benzene rings is 1. The summed E-state index contributed by atoms with van der Waals surface area (Å²) in [6, 6.07) is 2.58. The van der Waals surface area contributed by atoms with Gasteiger partial charge in [0.2, 0.25) is 0 Å². The monoisotopic (exact) mass is 240 g/mol. The predicted octanol–water partition coefficient (Wildman–Crippen LogP) is 1.57. The number of carbonyl (C=O) groups is 1. The summed E-state index contributed by atoms with van der Waals surface area (Å²) in [6.45, 7) is 0. The number of hydrogen-bond acceptors (Lipinski definition) is 2. The van der Waals surface area contributed by atoms with Crippen LogP contribution in [0.2, 0.25) is 0 Å². The van der Waals surface area contributed by atoms with Crippen LogP contribution in [0.1, 0.15) is 29.6 Å². The van der Waals surface area contributed by atoms with Crippen molar-refractivity contribution in [1.82, 2.24) is 5.32 Å². The van der Waals surface area contributed by atoms with Gasteiger partial charge in [-0.2, -0.15) is 0 Å². The SMILES string of the molecule is NC1CCCC1NC(=O)c1cc(F)cc(F)c1. The molecule has 5 heteroatoms. The molecule has 0 bridgehead atoms. The fraction of sp³-hybridized carbons (Fsp3) is 0.417. The van der Waals surface area contributed by atoms with Gasteiger partial charge in [0, 0.05) is 23.7 Å². The molecule has 2 unspecified atom stereocenters. The largest absolute Gasteiger partial charge is 0.348 e. The van der Waals surface area contributed by atoms with Crippen LogP contribution in [0, 0.1) is 11.6 Å². The molecular weight excluding hydrogens is 226 g/mol. The van der Waals surface area contributed by atoms with Crippen molar-refractivity contribution in [2.24, 2.45) is 5.73 Å². The highest BCUT2D eigenvalue weighted by Crippen LogP contribution is 2.18. The average Bonchev–Trinajstić information content (AvgIpc) is 2.63. The van der Waals surface area contributed by atoms with E-state index in [-0.39, 0.29) is 17.6 Å². The van der Waals surface area contributed by atoms with Crippen molar-refractivity contribution in [2.45, 2.75) is 31.3 Å². The van der Waals surface area contributed by atoms with Gasteiger partial charge in [0.25, 0.3) is 5.91 Å². The van der Waals surface area contributed by atoms with Crippen molar-refractivity contribution in [3.05, 3.63) is 35.4 Å². The van der Waals surface area contributed by atoms with Crippen LogP contribution in [0.4, 0.5) is 8.78 Å². The normalized spacial score (nSPS) is 23.7. The molecule has 1 aliphatic carbocycles. The highest BCUT2D eigenvalue weighted by molar-refractivity contribution is 5.94. The zero-order valence-electron chi connectivity index (χ0n) is 9.25. The lowest BCUT2D eigenvalue weighted by Gasteiger charge is -2.17. The van der Waals surface area contributed by atoms with Crippen molar-refractivity contribution in [3.63, 3.8) is 0 Å². The lowest BCUT2D eigenvalue weighted by atomic mass is 10.1. The molecule has 1 amide bonds. The molecule has 1 aliphatic rings. The maximum absolute atomic E-state index is 12.9. The van der Waals surface area contributed by atoms with Gasteiger partial charge in [0.1, 0.15) is 11.6 Å². The molecule has 2 atom stereocenters. The number of hydrogen-bond donors (Lipinski definition) is 2. The van der Waals surface area contributed by atoms with E-state index in [2.05, 4.69) is 5.32 Å². The van der Waals surface area contributed by atoms with E-state index in [1.165, 1.54) is 0 Å². The van der Waals surface area contributed by atoms with Gasteiger partial charge in [-0.3, -0.25) is 4.79 Å². The summed E-state index contributed by atoms with van der Waals surface area (Å²) < 4.78 is 25.9. The van der Waals surface area contributed by atoms with E-state index < -0.39 is 17.5 Å². The Balaban J connectivity index is 2.09. The minimum atomic E-state index is -0.758. The van der Waals surface area contributed by atoms with E-state index in [0.717, 1.165) is 37.5 Å². The molecule has 2 rings (SSSR count). The van der Waals surface area contributed by atoms with E-state index in [1.807, 2.05) is 0 Å². The first-order chi connectivity index (χ1) is 8.06. The highest BCUT2D eigenvalue weighted by atomic mass is 19.1. The van der Waals surface area contributed by atoms with Crippen LogP contribution in [-0.2, 0) is 0 Å². The van der Waals surface area contributed by atoms with E-state index in [4.69, 9.17) is 5.73 Å². The van der Waals surface area contributed by atoms with Crippen LogP contribution in [0.5, 0.6) is 0 Å². The molecule has 0 spiro atoms. The molecule has 3 nitrogen and oxygen atoms in total. The first-order valence-corrected chi connectivity index (χ1v) is 5.59. The highest BCUT2D eigenvalue weighted by Gasteiger charge is 2.25. The third-order valence-corrected chi connectivity index (χ3v) is 3.01. The molecule has 0 aromatic heterocycles. The van der Waals surface area contributed by atoms with E-state index in [0.29, 0.717) is 0 Å². The van der Waals surface area contributed by atoms with Gasteiger partial charge >= 0.3 is 0 Å². The first kappa shape index (κ1) is 12.0. The number of nitrogens with two attached hydrogens (primary N) is 1. The molecule has 0 radical (unpaired) electrons. The number of amides is 1. The van der Waals surface area contributed by atoms with Crippen molar-refractivity contribution < 1.29 is 13.6 Å². The van der Waals surface area contributed by atoms with Crippen LogP contribution < -0.4 is 11.1 Å². The predicted molar refractivity (Wildman–Crippen MR) is 59.4 cm³/mol. The Morgan fingerprint density at radius 3 is 2.41 bits per heavy atom. The van der Waals surface area contributed by atoms with Crippen LogP contribution in [-0.4, -0.2) is 18.0 Å². The number of halogens is 2. The molecule has 0 aliphatic heterocycles. The van der Waals surface area contributed by atoms with Gasteiger partial charge in [-0.15, -0.1) is 0 Å². The fourth-order valence-electron chi connectivity index (χ4n) is 2.10. The van der Waals surface area contributed by atoms with Gasteiger partial charge < -0.3 is 11.1 Å².